The third-order valence-electron chi connectivity index (χ3n) is 8.94. The summed E-state index contributed by atoms with van der Waals surface area (Å²) in [5.74, 6) is -2.57. The smallest absolute Gasteiger partial charge is 0.416 e. The predicted octanol–water partition coefficient (Wildman–Crippen LogP) is 5.44. The second-order valence-electron chi connectivity index (χ2n) is 13.0. The number of carbonyl (C=O) groups excluding carboxylic acids is 3. The van der Waals surface area contributed by atoms with Crippen LogP contribution in [0.3, 0.4) is 0 Å². The zero-order valence-corrected chi connectivity index (χ0v) is 29.5. The number of amides is 3. The van der Waals surface area contributed by atoms with Crippen LogP contribution in [-0.2, 0) is 19.9 Å². The van der Waals surface area contributed by atoms with Crippen LogP contribution in [0.25, 0.3) is 0 Å². The third kappa shape index (κ3) is 9.56. The molecular weight excluding hydrogens is 673 g/mol. The van der Waals surface area contributed by atoms with Crippen LogP contribution in [0, 0.1) is 12.8 Å². The summed E-state index contributed by atoms with van der Waals surface area (Å²) in [6.45, 7) is 4.81. The first-order chi connectivity index (χ1) is 24.7. The average molecular weight is 719 g/mol. The number of alkyl halides is 3. The van der Waals surface area contributed by atoms with Crippen LogP contribution in [-0.4, -0.2) is 54.3 Å². The molecule has 0 aromatic heterocycles. The Morgan fingerprint density at radius 2 is 1.29 bits per heavy atom. The standard InChI is InChI=1S/C40H45F3N4O5/c1-25(2)34(36(49)40(41,42)43)45-38(51)35(27-17-21-31(52-4)22-18-27)46-37(50)32(44)23-24-33(48)47-39(28-11-7-5-8-12-28,29-13-9-6-10-14-29)30-19-15-26(3)16-20-30/h5-22,25,32,34-36,49H,23-24,44H2,1-4H3,(H,45,51)(H,46,50)(H,47,48)/t32-,34-,35-,36-/m0/s1. The first-order valence-corrected chi connectivity index (χ1v) is 16.9. The van der Waals surface area contributed by atoms with E-state index in [0.29, 0.717) is 5.75 Å². The van der Waals surface area contributed by atoms with E-state index in [4.69, 9.17) is 10.5 Å². The molecule has 0 bridgehead atoms. The fourth-order valence-electron chi connectivity index (χ4n) is 5.99. The highest BCUT2D eigenvalue weighted by atomic mass is 19.4. The van der Waals surface area contributed by atoms with Gasteiger partial charge < -0.3 is 31.5 Å². The summed E-state index contributed by atoms with van der Waals surface area (Å²) >= 11 is 0. The summed E-state index contributed by atoms with van der Waals surface area (Å²) in [6.07, 6.45) is -8.14. The van der Waals surface area contributed by atoms with Gasteiger partial charge in [0.05, 0.1) is 19.2 Å². The zero-order valence-electron chi connectivity index (χ0n) is 29.5. The lowest BCUT2D eigenvalue weighted by Crippen LogP contribution is -2.55. The number of ether oxygens (including phenoxy) is 1. The van der Waals surface area contributed by atoms with Crippen molar-refractivity contribution in [2.45, 2.75) is 69.6 Å². The number of aliphatic hydroxyl groups excluding tert-OH is 1. The molecule has 4 atom stereocenters. The molecular formula is C40H45F3N4O5. The van der Waals surface area contributed by atoms with E-state index in [1.807, 2.05) is 91.9 Å². The molecule has 0 fully saturated rings. The molecule has 0 saturated heterocycles. The lowest BCUT2D eigenvalue weighted by Gasteiger charge is -2.37. The molecule has 3 amide bonds. The van der Waals surface area contributed by atoms with Gasteiger partial charge in [-0.05, 0) is 53.6 Å². The number of aryl methyl sites for hydroxylation is 1. The molecule has 6 N–H and O–H groups in total. The predicted molar refractivity (Wildman–Crippen MR) is 192 cm³/mol. The third-order valence-corrected chi connectivity index (χ3v) is 8.94. The first-order valence-electron chi connectivity index (χ1n) is 16.9. The molecule has 0 heterocycles. The summed E-state index contributed by atoms with van der Waals surface area (Å²) in [5, 5.41) is 18.0. The number of rotatable bonds is 15. The van der Waals surface area contributed by atoms with Crippen molar-refractivity contribution in [3.05, 3.63) is 137 Å². The Labute approximate surface area is 301 Å². The summed E-state index contributed by atoms with van der Waals surface area (Å²) in [6, 6.07) is 28.4. The Morgan fingerprint density at radius 3 is 1.77 bits per heavy atom. The van der Waals surface area contributed by atoms with Crippen LogP contribution in [0.15, 0.2) is 109 Å². The quantitative estimate of drug-likeness (QED) is 0.104. The first kappa shape index (κ1) is 39.6. The van der Waals surface area contributed by atoms with E-state index in [1.165, 1.54) is 45.2 Å². The van der Waals surface area contributed by atoms with Gasteiger partial charge in [0, 0.05) is 6.42 Å². The van der Waals surface area contributed by atoms with Crippen molar-refractivity contribution in [3.63, 3.8) is 0 Å². The summed E-state index contributed by atoms with van der Waals surface area (Å²) in [5.41, 5.74) is 8.89. The summed E-state index contributed by atoms with van der Waals surface area (Å²) < 4.78 is 45.5. The van der Waals surface area contributed by atoms with E-state index in [1.54, 1.807) is 0 Å². The van der Waals surface area contributed by atoms with E-state index in [-0.39, 0.29) is 18.4 Å². The highest BCUT2D eigenvalue weighted by Crippen LogP contribution is 2.37. The van der Waals surface area contributed by atoms with Gasteiger partial charge in [-0.1, -0.05) is 116 Å². The molecule has 4 rings (SSSR count). The minimum absolute atomic E-state index is 0.121. The van der Waals surface area contributed by atoms with Crippen LogP contribution in [0.2, 0.25) is 0 Å². The molecule has 9 nitrogen and oxygen atoms in total. The number of aliphatic hydroxyl groups is 1. The summed E-state index contributed by atoms with van der Waals surface area (Å²) in [4.78, 5) is 40.8. The van der Waals surface area contributed by atoms with Crippen molar-refractivity contribution >= 4 is 17.7 Å². The molecule has 4 aromatic carbocycles. The molecule has 0 aliphatic rings. The zero-order chi connectivity index (χ0) is 38.1. The molecule has 0 saturated carbocycles. The van der Waals surface area contributed by atoms with Crippen LogP contribution >= 0.6 is 0 Å². The van der Waals surface area contributed by atoms with Gasteiger partial charge in [-0.3, -0.25) is 14.4 Å². The van der Waals surface area contributed by atoms with E-state index < -0.39 is 59.6 Å². The molecule has 0 aliphatic carbocycles. The minimum atomic E-state index is -5.00. The highest BCUT2D eigenvalue weighted by molar-refractivity contribution is 5.91. The van der Waals surface area contributed by atoms with Crippen LogP contribution in [0.4, 0.5) is 13.2 Å². The molecule has 0 unspecified atom stereocenters. The average Bonchev–Trinajstić information content (AvgIpc) is 3.14. The van der Waals surface area contributed by atoms with Gasteiger partial charge in [0.15, 0.2) is 6.10 Å². The second-order valence-corrected chi connectivity index (χ2v) is 13.0. The van der Waals surface area contributed by atoms with Gasteiger partial charge in [0.25, 0.3) is 0 Å². The van der Waals surface area contributed by atoms with Crippen LogP contribution in [0.5, 0.6) is 5.75 Å². The molecule has 52 heavy (non-hydrogen) atoms. The van der Waals surface area contributed by atoms with E-state index >= 15 is 0 Å². The topological polar surface area (TPSA) is 143 Å². The summed E-state index contributed by atoms with van der Waals surface area (Å²) in [7, 11) is 1.44. The largest absolute Gasteiger partial charge is 0.497 e. The van der Waals surface area contributed by atoms with Crippen LogP contribution < -0.4 is 26.4 Å². The Hall–Kier alpha value is -5.20. The van der Waals surface area contributed by atoms with E-state index in [0.717, 1.165) is 22.3 Å². The number of hydrogen-bond acceptors (Lipinski definition) is 6. The normalized spacial score (nSPS) is 14.1. The maximum atomic E-state index is 13.8. The Kier molecular flexibility index (Phi) is 13.2. The number of hydrogen-bond donors (Lipinski definition) is 5. The monoisotopic (exact) mass is 718 g/mol. The number of benzene rings is 4. The van der Waals surface area contributed by atoms with Crippen molar-refractivity contribution in [3.8, 4) is 5.75 Å². The lowest BCUT2D eigenvalue weighted by atomic mass is 9.76. The Morgan fingerprint density at radius 1 is 0.769 bits per heavy atom. The minimum Gasteiger partial charge on any atom is -0.497 e. The number of carbonyl (C=O) groups is 3. The van der Waals surface area contributed by atoms with Gasteiger partial charge >= 0.3 is 6.18 Å². The maximum absolute atomic E-state index is 13.8. The number of methoxy groups -OCH3 is 1. The van der Waals surface area contributed by atoms with E-state index in [9.17, 15) is 32.7 Å². The van der Waals surface area contributed by atoms with Crippen molar-refractivity contribution in [1.29, 1.82) is 0 Å². The van der Waals surface area contributed by atoms with Crippen LogP contribution in [0.1, 0.15) is 60.5 Å². The number of halogens is 3. The van der Waals surface area contributed by atoms with Crippen molar-refractivity contribution in [2.24, 2.45) is 11.7 Å². The Balaban J connectivity index is 1.56. The van der Waals surface area contributed by atoms with Gasteiger partial charge in [0.1, 0.15) is 17.3 Å². The Bertz CT molecular complexity index is 1730. The molecule has 276 valence electrons. The fourth-order valence-corrected chi connectivity index (χ4v) is 5.99. The fraction of sp³-hybridized carbons (Fsp3) is 0.325. The van der Waals surface area contributed by atoms with E-state index in [2.05, 4.69) is 16.0 Å². The van der Waals surface area contributed by atoms with Crippen molar-refractivity contribution in [2.75, 3.05) is 7.11 Å². The van der Waals surface area contributed by atoms with Crippen molar-refractivity contribution < 1.29 is 37.4 Å². The van der Waals surface area contributed by atoms with Crippen molar-refractivity contribution in [1.82, 2.24) is 16.0 Å². The second kappa shape index (κ2) is 17.3. The van der Waals surface area contributed by atoms with Gasteiger partial charge in [-0.2, -0.15) is 13.2 Å². The van der Waals surface area contributed by atoms with Gasteiger partial charge in [-0.15, -0.1) is 0 Å². The number of nitrogens with two attached hydrogens (primary N) is 1. The lowest BCUT2D eigenvalue weighted by molar-refractivity contribution is -0.215. The van der Waals surface area contributed by atoms with Gasteiger partial charge in [0.2, 0.25) is 17.7 Å². The highest BCUT2D eigenvalue weighted by Gasteiger charge is 2.46. The number of nitrogens with one attached hydrogen (secondary N) is 3. The molecule has 0 radical (unpaired) electrons. The van der Waals surface area contributed by atoms with Gasteiger partial charge in [-0.25, -0.2) is 0 Å². The maximum Gasteiger partial charge on any atom is 0.416 e. The molecule has 0 aliphatic heterocycles. The molecule has 4 aromatic rings. The molecule has 0 spiro atoms. The SMILES string of the molecule is COc1ccc([C@H](NC(=O)[C@@H](N)CCC(=O)NC(c2ccccc2)(c2ccccc2)c2ccc(C)cc2)C(=O)N[C@@H](C(C)C)[C@H](O)C(F)(F)F)cc1. The molecule has 12 heteroatoms.